The summed E-state index contributed by atoms with van der Waals surface area (Å²) in [7, 11) is 0. The minimum Gasteiger partial charge on any atom is -0.376 e. The number of fused-ring (bicyclic) bond motifs is 1. The first kappa shape index (κ1) is 24.6. The van der Waals surface area contributed by atoms with Crippen molar-refractivity contribution in [3.05, 3.63) is 71.9 Å². The number of nitriles is 1. The van der Waals surface area contributed by atoms with E-state index in [1.165, 1.54) is 0 Å². The quantitative estimate of drug-likeness (QED) is 0.400. The zero-order chi connectivity index (χ0) is 25.6. The molecule has 1 N–H and O–H groups in total. The van der Waals surface area contributed by atoms with Crippen LogP contribution in [0.25, 0.3) is 17.0 Å². The fourth-order valence-corrected chi connectivity index (χ4v) is 5.04. The van der Waals surface area contributed by atoms with Crippen molar-refractivity contribution in [2.24, 2.45) is 0 Å². The molecule has 2 aliphatic rings. The summed E-state index contributed by atoms with van der Waals surface area (Å²) in [4.78, 5) is 29.9. The van der Waals surface area contributed by atoms with Gasteiger partial charge < -0.3 is 24.4 Å². The molecule has 0 aliphatic carbocycles. The zero-order valence-corrected chi connectivity index (χ0v) is 20.8. The summed E-state index contributed by atoms with van der Waals surface area (Å²) in [6.07, 6.45) is 5.57. The molecule has 8 heteroatoms. The van der Waals surface area contributed by atoms with E-state index in [1.54, 1.807) is 11.0 Å². The third kappa shape index (κ3) is 5.68. The number of hydrogen-bond acceptors (Lipinski definition) is 5. The SMILES string of the molecule is N#CC(=Cc1cn(CC(=O)NCC2CCCO2)c2ccccc12)C(=O)N1CCN(c2ccccc2)CC1. The van der Waals surface area contributed by atoms with Gasteiger partial charge in [0.15, 0.2) is 0 Å². The molecule has 0 bridgehead atoms. The number of rotatable bonds is 7. The van der Waals surface area contributed by atoms with E-state index in [0.717, 1.165) is 54.7 Å². The number of ether oxygens (including phenoxy) is 1. The van der Waals surface area contributed by atoms with E-state index in [9.17, 15) is 14.9 Å². The lowest BCUT2D eigenvalue weighted by molar-refractivity contribution is -0.127. The molecule has 190 valence electrons. The van der Waals surface area contributed by atoms with Gasteiger partial charge in [-0.2, -0.15) is 5.26 Å². The fourth-order valence-electron chi connectivity index (χ4n) is 5.04. The largest absolute Gasteiger partial charge is 0.376 e. The lowest BCUT2D eigenvalue weighted by atomic mass is 10.1. The summed E-state index contributed by atoms with van der Waals surface area (Å²) in [5, 5.41) is 13.7. The van der Waals surface area contributed by atoms with Gasteiger partial charge in [-0.15, -0.1) is 0 Å². The second-order valence-electron chi connectivity index (χ2n) is 9.45. The van der Waals surface area contributed by atoms with Crippen LogP contribution in [0.15, 0.2) is 66.4 Å². The summed E-state index contributed by atoms with van der Waals surface area (Å²) in [6, 6.07) is 20.0. The standard InChI is InChI=1S/C29H31N5O3/c30-18-22(29(36)33-14-12-32(13-15-33)24-7-2-1-3-8-24)17-23-20-34(27-11-5-4-10-26(23)27)21-28(35)31-19-25-9-6-16-37-25/h1-5,7-8,10-11,17,20,25H,6,9,12-16,19,21H2,(H,31,35). The van der Waals surface area contributed by atoms with Crippen LogP contribution in [0.3, 0.4) is 0 Å². The second kappa shape index (κ2) is 11.3. The third-order valence-corrected chi connectivity index (χ3v) is 7.02. The number of hydrogen-bond donors (Lipinski definition) is 1. The van der Waals surface area contributed by atoms with Gasteiger partial charge in [-0.25, -0.2) is 0 Å². The average molecular weight is 498 g/mol. The lowest BCUT2D eigenvalue weighted by Crippen LogP contribution is -2.49. The van der Waals surface area contributed by atoms with Crippen molar-refractivity contribution in [3.63, 3.8) is 0 Å². The van der Waals surface area contributed by atoms with Gasteiger partial charge in [-0.05, 0) is 37.1 Å². The highest BCUT2D eigenvalue weighted by Crippen LogP contribution is 2.25. The van der Waals surface area contributed by atoms with Crippen molar-refractivity contribution >= 4 is 34.5 Å². The normalized spacial score (nSPS) is 18.1. The highest BCUT2D eigenvalue weighted by molar-refractivity contribution is 6.04. The van der Waals surface area contributed by atoms with E-state index >= 15 is 0 Å². The highest BCUT2D eigenvalue weighted by atomic mass is 16.5. The minimum absolute atomic E-state index is 0.0857. The van der Waals surface area contributed by atoms with E-state index in [4.69, 9.17) is 4.74 Å². The molecule has 8 nitrogen and oxygen atoms in total. The monoisotopic (exact) mass is 497 g/mol. The summed E-state index contributed by atoms with van der Waals surface area (Å²) in [6.45, 7) is 3.96. The van der Waals surface area contributed by atoms with Crippen LogP contribution in [0.1, 0.15) is 18.4 Å². The van der Waals surface area contributed by atoms with Crippen molar-refractivity contribution in [1.29, 1.82) is 5.26 Å². The van der Waals surface area contributed by atoms with Crippen LogP contribution in [-0.4, -0.2) is 66.7 Å². The van der Waals surface area contributed by atoms with Crippen LogP contribution in [0.4, 0.5) is 5.69 Å². The molecule has 2 saturated heterocycles. The molecule has 2 aromatic carbocycles. The second-order valence-corrected chi connectivity index (χ2v) is 9.45. The van der Waals surface area contributed by atoms with E-state index in [0.29, 0.717) is 19.6 Å². The van der Waals surface area contributed by atoms with Crippen LogP contribution < -0.4 is 10.2 Å². The number of benzene rings is 2. The van der Waals surface area contributed by atoms with Crippen molar-refractivity contribution < 1.29 is 14.3 Å². The van der Waals surface area contributed by atoms with E-state index in [2.05, 4.69) is 28.4 Å². The third-order valence-electron chi connectivity index (χ3n) is 7.02. The van der Waals surface area contributed by atoms with Crippen LogP contribution in [0, 0.1) is 11.3 Å². The Kier molecular flexibility index (Phi) is 7.52. The van der Waals surface area contributed by atoms with Gasteiger partial charge >= 0.3 is 0 Å². The number of aromatic nitrogens is 1. The van der Waals surface area contributed by atoms with Crippen molar-refractivity contribution in [2.45, 2.75) is 25.5 Å². The summed E-state index contributed by atoms with van der Waals surface area (Å²) >= 11 is 0. The van der Waals surface area contributed by atoms with Crippen molar-refractivity contribution in [2.75, 3.05) is 44.2 Å². The fraction of sp³-hybridized carbons (Fsp3) is 0.345. The van der Waals surface area contributed by atoms with Gasteiger partial charge in [0.2, 0.25) is 5.91 Å². The number of carbonyl (C=O) groups is 2. The molecule has 2 amide bonds. The Labute approximate surface area is 216 Å². The Bertz CT molecular complexity index is 1330. The topological polar surface area (TPSA) is 90.6 Å². The van der Waals surface area contributed by atoms with Gasteiger partial charge in [-0.3, -0.25) is 9.59 Å². The Morgan fingerprint density at radius 3 is 2.54 bits per heavy atom. The predicted octanol–water partition coefficient (Wildman–Crippen LogP) is 3.19. The number of nitrogens with one attached hydrogen (secondary N) is 1. The van der Waals surface area contributed by atoms with Gasteiger partial charge in [0, 0.05) is 67.7 Å². The number of amides is 2. The Balaban J connectivity index is 1.29. The number of anilines is 1. The maximum atomic E-state index is 13.2. The zero-order valence-electron chi connectivity index (χ0n) is 20.8. The molecule has 2 aliphatic heterocycles. The molecule has 1 atom stereocenters. The molecular weight excluding hydrogens is 466 g/mol. The minimum atomic E-state index is -0.263. The Hall–Kier alpha value is -4.09. The van der Waals surface area contributed by atoms with Crippen LogP contribution in [0.5, 0.6) is 0 Å². The summed E-state index contributed by atoms with van der Waals surface area (Å²) in [5.41, 5.74) is 2.86. The van der Waals surface area contributed by atoms with Crippen LogP contribution in [0.2, 0.25) is 0 Å². The number of nitrogens with zero attached hydrogens (tertiary/aromatic N) is 4. The summed E-state index contributed by atoms with van der Waals surface area (Å²) < 4.78 is 7.45. The lowest BCUT2D eigenvalue weighted by Gasteiger charge is -2.36. The smallest absolute Gasteiger partial charge is 0.264 e. The average Bonchev–Trinajstić information content (AvgIpc) is 3.59. The number of piperazine rings is 1. The van der Waals surface area contributed by atoms with E-state index < -0.39 is 0 Å². The maximum absolute atomic E-state index is 13.2. The molecule has 0 saturated carbocycles. The van der Waals surface area contributed by atoms with Crippen molar-refractivity contribution in [1.82, 2.24) is 14.8 Å². The first-order chi connectivity index (χ1) is 18.1. The highest BCUT2D eigenvalue weighted by Gasteiger charge is 2.24. The maximum Gasteiger partial charge on any atom is 0.264 e. The Morgan fingerprint density at radius 2 is 1.81 bits per heavy atom. The van der Waals surface area contributed by atoms with Crippen LogP contribution in [-0.2, 0) is 20.9 Å². The molecule has 2 fully saturated rings. The van der Waals surface area contributed by atoms with Gasteiger partial charge in [0.05, 0.1) is 6.10 Å². The van der Waals surface area contributed by atoms with Gasteiger partial charge in [-0.1, -0.05) is 36.4 Å². The summed E-state index contributed by atoms with van der Waals surface area (Å²) in [5.74, 6) is -0.360. The first-order valence-corrected chi connectivity index (χ1v) is 12.8. The molecular formula is C29H31N5O3. The molecule has 5 rings (SSSR count). The number of carbonyl (C=O) groups excluding carboxylic acids is 2. The van der Waals surface area contributed by atoms with Gasteiger partial charge in [0.1, 0.15) is 18.2 Å². The molecule has 0 radical (unpaired) electrons. The molecule has 0 spiro atoms. The molecule has 37 heavy (non-hydrogen) atoms. The van der Waals surface area contributed by atoms with E-state index in [1.807, 2.05) is 53.2 Å². The molecule has 1 aromatic heterocycles. The van der Waals surface area contributed by atoms with Gasteiger partial charge in [0.25, 0.3) is 5.91 Å². The van der Waals surface area contributed by atoms with Crippen molar-refractivity contribution in [3.8, 4) is 6.07 Å². The molecule has 3 heterocycles. The number of para-hydroxylation sites is 2. The molecule has 1 unspecified atom stereocenters. The predicted molar refractivity (Wildman–Crippen MR) is 143 cm³/mol. The first-order valence-electron chi connectivity index (χ1n) is 12.8. The molecule has 3 aromatic rings. The Morgan fingerprint density at radius 1 is 1.05 bits per heavy atom. The van der Waals surface area contributed by atoms with Crippen LogP contribution >= 0.6 is 0 Å². The van der Waals surface area contributed by atoms with E-state index in [-0.39, 0.29) is 30.0 Å².